The highest BCUT2D eigenvalue weighted by atomic mass is 16.5. The summed E-state index contributed by atoms with van der Waals surface area (Å²) in [5, 5.41) is 0. The topological polar surface area (TPSA) is 65.0 Å². The molecule has 148 valence electrons. The first kappa shape index (κ1) is 18.3. The van der Waals surface area contributed by atoms with Crippen LogP contribution in [0.4, 0.5) is 16.4 Å². The van der Waals surface area contributed by atoms with Crippen molar-refractivity contribution in [2.45, 2.75) is 0 Å². The Balaban J connectivity index is 1.27. The Hall–Kier alpha value is -3.03. The predicted octanol–water partition coefficient (Wildman–Crippen LogP) is 1.55. The molecule has 3 heterocycles. The fourth-order valence-electron chi connectivity index (χ4n) is 3.70. The molecule has 0 spiro atoms. The standard InChI is InChI=1S/C20H26N6O2/c1-28-18-5-3-17(4-6-18)23-9-13-25(14-10-23)20(27)26-15-11-24(12-16-26)19-21-7-2-8-22-19/h2-8H,9-16H2,1H3. The summed E-state index contributed by atoms with van der Waals surface area (Å²) in [6, 6.07) is 10.0. The molecule has 2 fully saturated rings. The fraction of sp³-hybridized carbons (Fsp3) is 0.450. The molecule has 4 rings (SSSR count). The lowest BCUT2D eigenvalue weighted by molar-refractivity contribution is 0.147. The predicted molar refractivity (Wildman–Crippen MR) is 108 cm³/mol. The largest absolute Gasteiger partial charge is 0.497 e. The van der Waals surface area contributed by atoms with E-state index in [1.54, 1.807) is 19.5 Å². The van der Waals surface area contributed by atoms with Crippen LogP contribution >= 0.6 is 0 Å². The Bertz CT molecular complexity index is 769. The van der Waals surface area contributed by atoms with Crippen molar-refractivity contribution < 1.29 is 9.53 Å². The summed E-state index contributed by atoms with van der Waals surface area (Å²) in [5.41, 5.74) is 1.17. The Morgan fingerprint density at radius 2 is 1.36 bits per heavy atom. The van der Waals surface area contributed by atoms with Crippen LogP contribution in [0.2, 0.25) is 0 Å². The Kier molecular flexibility index (Phi) is 5.45. The summed E-state index contributed by atoms with van der Waals surface area (Å²) in [7, 11) is 1.67. The highest BCUT2D eigenvalue weighted by Gasteiger charge is 2.28. The minimum atomic E-state index is 0.142. The summed E-state index contributed by atoms with van der Waals surface area (Å²) in [5.74, 6) is 1.60. The summed E-state index contributed by atoms with van der Waals surface area (Å²) in [6.45, 7) is 6.11. The molecule has 8 nitrogen and oxygen atoms in total. The second-order valence-electron chi connectivity index (χ2n) is 6.98. The number of carbonyl (C=O) groups is 1. The van der Waals surface area contributed by atoms with Crippen LogP contribution in [0.3, 0.4) is 0 Å². The van der Waals surface area contributed by atoms with Crippen LogP contribution in [0, 0.1) is 0 Å². The first-order valence-electron chi connectivity index (χ1n) is 9.69. The molecule has 2 aliphatic rings. The van der Waals surface area contributed by atoms with Gasteiger partial charge in [0.2, 0.25) is 5.95 Å². The van der Waals surface area contributed by atoms with E-state index in [9.17, 15) is 4.79 Å². The molecule has 0 bridgehead atoms. The lowest BCUT2D eigenvalue weighted by Crippen LogP contribution is -2.57. The molecule has 1 aromatic carbocycles. The maximum absolute atomic E-state index is 12.9. The van der Waals surface area contributed by atoms with Crippen molar-refractivity contribution in [1.29, 1.82) is 0 Å². The number of amides is 2. The number of anilines is 2. The third-order valence-corrected chi connectivity index (χ3v) is 5.37. The number of methoxy groups -OCH3 is 1. The summed E-state index contributed by atoms with van der Waals surface area (Å²) >= 11 is 0. The molecule has 28 heavy (non-hydrogen) atoms. The quantitative estimate of drug-likeness (QED) is 0.803. The number of urea groups is 1. The van der Waals surface area contributed by atoms with E-state index in [1.165, 1.54) is 5.69 Å². The normalized spacial score (nSPS) is 17.6. The van der Waals surface area contributed by atoms with Crippen molar-refractivity contribution in [3.05, 3.63) is 42.7 Å². The van der Waals surface area contributed by atoms with Gasteiger partial charge in [-0.05, 0) is 30.3 Å². The zero-order chi connectivity index (χ0) is 19.3. The van der Waals surface area contributed by atoms with Gasteiger partial charge in [0.1, 0.15) is 5.75 Å². The van der Waals surface area contributed by atoms with E-state index in [2.05, 4.69) is 31.9 Å². The molecule has 0 saturated carbocycles. The average Bonchev–Trinajstić information content (AvgIpc) is 2.79. The molecular weight excluding hydrogens is 356 g/mol. The van der Waals surface area contributed by atoms with Crippen molar-refractivity contribution in [1.82, 2.24) is 19.8 Å². The van der Waals surface area contributed by atoms with E-state index in [0.717, 1.165) is 51.0 Å². The molecule has 2 aliphatic heterocycles. The van der Waals surface area contributed by atoms with Crippen molar-refractivity contribution in [3.8, 4) is 5.75 Å². The maximum Gasteiger partial charge on any atom is 0.320 e. The number of piperazine rings is 2. The van der Waals surface area contributed by atoms with Crippen LogP contribution in [0.5, 0.6) is 5.75 Å². The van der Waals surface area contributed by atoms with Crippen LogP contribution in [0.1, 0.15) is 0 Å². The molecule has 2 amide bonds. The third kappa shape index (κ3) is 3.95. The average molecular weight is 382 g/mol. The van der Waals surface area contributed by atoms with Gasteiger partial charge in [-0.15, -0.1) is 0 Å². The van der Waals surface area contributed by atoms with E-state index < -0.39 is 0 Å². The van der Waals surface area contributed by atoms with Gasteiger partial charge in [0.05, 0.1) is 7.11 Å². The molecule has 0 aliphatic carbocycles. The molecule has 0 radical (unpaired) electrons. The summed E-state index contributed by atoms with van der Waals surface area (Å²) < 4.78 is 5.22. The number of hydrogen-bond donors (Lipinski definition) is 0. The summed E-state index contributed by atoms with van der Waals surface area (Å²) in [6.07, 6.45) is 3.50. The summed E-state index contributed by atoms with van der Waals surface area (Å²) in [4.78, 5) is 29.8. The van der Waals surface area contributed by atoms with Crippen molar-refractivity contribution >= 4 is 17.7 Å². The van der Waals surface area contributed by atoms with Crippen LogP contribution in [-0.4, -0.2) is 85.3 Å². The molecule has 1 aromatic heterocycles. The molecule has 0 atom stereocenters. The molecule has 0 N–H and O–H groups in total. The van der Waals surface area contributed by atoms with E-state index in [-0.39, 0.29) is 6.03 Å². The molecule has 8 heteroatoms. The van der Waals surface area contributed by atoms with Gasteiger partial charge in [0.15, 0.2) is 0 Å². The number of carbonyl (C=O) groups excluding carboxylic acids is 1. The minimum Gasteiger partial charge on any atom is -0.497 e. The lowest BCUT2D eigenvalue weighted by atomic mass is 10.2. The Morgan fingerprint density at radius 3 is 1.89 bits per heavy atom. The van der Waals surface area contributed by atoms with Crippen LogP contribution in [0.15, 0.2) is 42.7 Å². The zero-order valence-corrected chi connectivity index (χ0v) is 16.2. The number of ether oxygens (including phenoxy) is 1. The number of nitrogens with zero attached hydrogens (tertiary/aromatic N) is 6. The third-order valence-electron chi connectivity index (χ3n) is 5.37. The van der Waals surface area contributed by atoms with Crippen LogP contribution in [0.25, 0.3) is 0 Å². The Morgan fingerprint density at radius 1 is 0.821 bits per heavy atom. The zero-order valence-electron chi connectivity index (χ0n) is 16.2. The van der Waals surface area contributed by atoms with E-state index >= 15 is 0 Å². The lowest BCUT2D eigenvalue weighted by Gasteiger charge is -2.41. The molecule has 0 unspecified atom stereocenters. The van der Waals surface area contributed by atoms with Gasteiger partial charge in [-0.25, -0.2) is 14.8 Å². The van der Waals surface area contributed by atoms with Crippen LogP contribution < -0.4 is 14.5 Å². The van der Waals surface area contributed by atoms with Gasteiger partial charge >= 0.3 is 6.03 Å². The highest BCUT2D eigenvalue weighted by Crippen LogP contribution is 2.21. The van der Waals surface area contributed by atoms with Crippen molar-refractivity contribution in [2.24, 2.45) is 0 Å². The van der Waals surface area contributed by atoms with Crippen molar-refractivity contribution in [3.63, 3.8) is 0 Å². The monoisotopic (exact) mass is 382 g/mol. The van der Waals surface area contributed by atoms with Gasteiger partial charge in [0, 0.05) is 70.4 Å². The molecule has 2 saturated heterocycles. The Labute approximate surface area is 165 Å². The van der Waals surface area contributed by atoms with E-state index in [0.29, 0.717) is 13.1 Å². The first-order valence-corrected chi connectivity index (χ1v) is 9.69. The second-order valence-corrected chi connectivity index (χ2v) is 6.98. The number of hydrogen-bond acceptors (Lipinski definition) is 6. The fourth-order valence-corrected chi connectivity index (χ4v) is 3.70. The van der Waals surface area contributed by atoms with E-state index in [4.69, 9.17) is 4.74 Å². The van der Waals surface area contributed by atoms with Gasteiger partial charge in [-0.3, -0.25) is 0 Å². The van der Waals surface area contributed by atoms with Gasteiger partial charge < -0.3 is 24.3 Å². The first-order chi connectivity index (χ1) is 13.7. The van der Waals surface area contributed by atoms with Gasteiger partial charge in [-0.1, -0.05) is 0 Å². The smallest absolute Gasteiger partial charge is 0.320 e. The number of aromatic nitrogens is 2. The number of rotatable bonds is 3. The molecular formula is C20H26N6O2. The molecule has 2 aromatic rings. The van der Waals surface area contributed by atoms with Crippen LogP contribution in [-0.2, 0) is 0 Å². The minimum absolute atomic E-state index is 0.142. The second kappa shape index (κ2) is 8.33. The van der Waals surface area contributed by atoms with Gasteiger partial charge in [0.25, 0.3) is 0 Å². The maximum atomic E-state index is 12.9. The number of benzene rings is 1. The SMILES string of the molecule is COc1ccc(N2CCN(C(=O)N3CCN(c4ncccn4)CC3)CC2)cc1. The highest BCUT2D eigenvalue weighted by molar-refractivity contribution is 5.75. The van der Waals surface area contributed by atoms with E-state index in [1.807, 2.05) is 28.0 Å². The van der Waals surface area contributed by atoms with Gasteiger partial charge in [-0.2, -0.15) is 0 Å². The van der Waals surface area contributed by atoms with Crippen molar-refractivity contribution in [2.75, 3.05) is 69.3 Å².